The Kier molecular flexibility index (Phi) is 13.4. The van der Waals surface area contributed by atoms with E-state index in [9.17, 15) is 23.1 Å². The SMILES string of the molecule is COCCN(CC(=O)O)C(=O)[C@H](CCCN=C(N)N)NS(=O)(=O)c1cc(OC)c2cc(OC)ccc2c1.N#N. The molecular formula is C23H33N7O8S. The minimum absolute atomic E-state index is 0.0137. The first-order valence-corrected chi connectivity index (χ1v) is 12.9. The highest BCUT2D eigenvalue weighted by Gasteiger charge is 2.30. The van der Waals surface area contributed by atoms with Gasteiger partial charge in [0.05, 0.1) is 25.7 Å². The maximum absolute atomic E-state index is 13.4. The van der Waals surface area contributed by atoms with Crippen LogP contribution < -0.4 is 25.7 Å². The fourth-order valence-electron chi connectivity index (χ4n) is 3.57. The highest BCUT2D eigenvalue weighted by Crippen LogP contribution is 2.32. The third-order valence-corrected chi connectivity index (χ3v) is 6.82. The summed E-state index contributed by atoms with van der Waals surface area (Å²) in [5.74, 6) is -1.25. The lowest BCUT2D eigenvalue weighted by molar-refractivity contribution is -0.145. The van der Waals surface area contributed by atoms with E-state index in [1.165, 1.54) is 33.5 Å². The first-order chi connectivity index (χ1) is 18.5. The van der Waals surface area contributed by atoms with Gasteiger partial charge in [-0.05, 0) is 36.4 Å². The van der Waals surface area contributed by atoms with Crippen molar-refractivity contribution in [1.82, 2.24) is 9.62 Å². The van der Waals surface area contributed by atoms with Gasteiger partial charge in [0, 0.05) is 42.4 Å². The van der Waals surface area contributed by atoms with Gasteiger partial charge < -0.3 is 35.7 Å². The molecule has 0 saturated heterocycles. The van der Waals surface area contributed by atoms with E-state index >= 15 is 0 Å². The summed E-state index contributed by atoms with van der Waals surface area (Å²) in [6.45, 7) is -0.451. The number of hydrogen-bond acceptors (Lipinski definition) is 10. The molecule has 0 bridgehead atoms. The van der Waals surface area contributed by atoms with Gasteiger partial charge in [-0.25, -0.2) is 8.42 Å². The van der Waals surface area contributed by atoms with Gasteiger partial charge in [0.25, 0.3) is 0 Å². The second-order valence-electron chi connectivity index (χ2n) is 7.98. The van der Waals surface area contributed by atoms with Gasteiger partial charge in [0.1, 0.15) is 24.1 Å². The van der Waals surface area contributed by atoms with E-state index in [1.54, 1.807) is 18.2 Å². The lowest BCUT2D eigenvalue weighted by atomic mass is 10.1. The summed E-state index contributed by atoms with van der Waals surface area (Å²) in [6.07, 6.45) is 0.267. The monoisotopic (exact) mass is 567 g/mol. The number of carboxylic acids is 1. The van der Waals surface area contributed by atoms with Crippen molar-refractivity contribution < 1.29 is 37.3 Å². The highest BCUT2D eigenvalue weighted by molar-refractivity contribution is 7.89. The number of nitrogens with one attached hydrogen (secondary N) is 1. The molecule has 0 aliphatic rings. The molecule has 0 radical (unpaired) electrons. The lowest BCUT2D eigenvalue weighted by Gasteiger charge is -2.26. The predicted molar refractivity (Wildman–Crippen MR) is 141 cm³/mol. The number of benzene rings is 2. The number of fused-ring (bicyclic) bond motifs is 1. The number of aliphatic carboxylic acids is 1. The molecule has 0 fully saturated rings. The Bertz CT molecular complexity index is 1280. The van der Waals surface area contributed by atoms with Gasteiger partial charge in [0.2, 0.25) is 15.9 Å². The summed E-state index contributed by atoms with van der Waals surface area (Å²) in [6, 6.07) is 6.58. The second kappa shape index (κ2) is 15.9. The largest absolute Gasteiger partial charge is 0.497 e. The molecule has 2 rings (SSSR count). The summed E-state index contributed by atoms with van der Waals surface area (Å²) in [5.41, 5.74) is 10.7. The van der Waals surface area contributed by atoms with E-state index in [-0.39, 0.29) is 43.4 Å². The summed E-state index contributed by atoms with van der Waals surface area (Å²) in [5, 5.41) is 22.5. The zero-order chi connectivity index (χ0) is 29.6. The third-order valence-electron chi connectivity index (χ3n) is 5.37. The average Bonchev–Trinajstić information content (AvgIpc) is 2.91. The van der Waals surface area contributed by atoms with Gasteiger partial charge in [-0.15, -0.1) is 0 Å². The fourth-order valence-corrected chi connectivity index (χ4v) is 4.85. The molecule has 2 aromatic carbocycles. The average molecular weight is 568 g/mol. The molecule has 6 N–H and O–H groups in total. The van der Waals surface area contributed by atoms with Crippen molar-refractivity contribution in [2.24, 2.45) is 16.5 Å². The molecule has 1 atom stereocenters. The smallest absolute Gasteiger partial charge is 0.323 e. The second-order valence-corrected chi connectivity index (χ2v) is 9.70. The van der Waals surface area contributed by atoms with Crippen LogP contribution in [0.3, 0.4) is 0 Å². The van der Waals surface area contributed by atoms with E-state index in [0.29, 0.717) is 22.3 Å². The maximum Gasteiger partial charge on any atom is 0.323 e. The summed E-state index contributed by atoms with van der Waals surface area (Å²) >= 11 is 0. The fraction of sp³-hybridized carbons (Fsp3) is 0.435. The number of ether oxygens (including phenoxy) is 3. The standard InChI is InChI=1S/C23H33N5O8S.N2/c1-34-10-9-28(14-21(29)30)22(31)19(5-4-8-26-23(24)25)27-37(32,33)17-11-15-6-7-16(35-2)12-18(15)20(13-17)36-3;1-2/h6-7,11-13,19,27H,4-5,8-10,14H2,1-3H3,(H,29,30)(H4,24,25,26);/t19-;/m0./s1. The number of guanidine groups is 1. The van der Waals surface area contributed by atoms with Crippen molar-refractivity contribution >= 4 is 38.6 Å². The number of hydrogen-bond donors (Lipinski definition) is 4. The Morgan fingerprint density at radius 1 is 1.13 bits per heavy atom. The van der Waals surface area contributed by atoms with Gasteiger partial charge in [-0.1, -0.05) is 6.07 Å². The Labute approximate surface area is 226 Å². The number of carbonyl (C=O) groups is 2. The molecule has 0 spiro atoms. The molecule has 0 aliphatic carbocycles. The van der Waals surface area contributed by atoms with Gasteiger partial charge >= 0.3 is 5.97 Å². The number of nitrogens with zero attached hydrogens (tertiary/aromatic N) is 4. The molecule has 16 heteroatoms. The van der Waals surface area contributed by atoms with E-state index in [1.807, 2.05) is 0 Å². The number of methoxy groups -OCH3 is 3. The number of rotatable bonds is 15. The molecule has 0 aromatic heterocycles. The van der Waals surface area contributed by atoms with Crippen LogP contribution in [0, 0.1) is 10.8 Å². The van der Waals surface area contributed by atoms with Crippen LogP contribution in [0.4, 0.5) is 0 Å². The van der Waals surface area contributed by atoms with Crippen LogP contribution >= 0.6 is 0 Å². The van der Waals surface area contributed by atoms with Crippen molar-refractivity contribution in [1.29, 1.82) is 10.8 Å². The lowest BCUT2D eigenvalue weighted by Crippen LogP contribution is -2.50. The molecule has 0 saturated carbocycles. The zero-order valence-electron chi connectivity index (χ0n) is 21.9. The van der Waals surface area contributed by atoms with Crippen LogP contribution in [-0.2, 0) is 24.3 Å². The van der Waals surface area contributed by atoms with Crippen molar-refractivity contribution in [3.63, 3.8) is 0 Å². The number of sulfonamides is 1. The van der Waals surface area contributed by atoms with E-state index in [2.05, 4.69) is 9.71 Å². The first-order valence-electron chi connectivity index (χ1n) is 11.5. The van der Waals surface area contributed by atoms with Crippen LogP contribution in [0.1, 0.15) is 12.8 Å². The summed E-state index contributed by atoms with van der Waals surface area (Å²) in [4.78, 5) is 29.4. The first kappa shape index (κ1) is 32.8. The summed E-state index contributed by atoms with van der Waals surface area (Å²) in [7, 11) is 0.0767. The number of carbonyl (C=O) groups excluding carboxylic acids is 1. The third kappa shape index (κ3) is 9.89. The Hall–Kier alpha value is -4.20. The van der Waals surface area contributed by atoms with Crippen LogP contribution in [-0.4, -0.2) is 89.9 Å². The molecule has 214 valence electrons. The molecule has 1 amide bonds. The Morgan fingerprint density at radius 2 is 1.82 bits per heavy atom. The van der Waals surface area contributed by atoms with Crippen molar-refractivity contribution in [2.45, 2.75) is 23.8 Å². The highest BCUT2D eigenvalue weighted by atomic mass is 32.2. The Balaban J connectivity index is 0.00000371. The van der Waals surface area contributed by atoms with Crippen LogP contribution in [0.15, 0.2) is 40.2 Å². The quantitative estimate of drug-likeness (QED) is 0.0972. The van der Waals surface area contributed by atoms with Crippen LogP contribution in [0.2, 0.25) is 0 Å². The van der Waals surface area contributed by atoms with Gasteiger partial charge in [-0.2, -0.15) is 4.72 Å². The van der Waals surface area contributed by atoms with Gasteiger partial charge in [-0.3, -0.25) is 14.6 Å². The van der Waals surface area contributed by atoms with E-state index in [4.69, 9.17) is 36.5 Å². The molecule has 0 unspecified atom stereocenters. The van der Waals surface area contributed by atoms with E-state index in [0.717, 1.165) is 4.90 Å². The molecule has 2 aromatic rings. The van der Waals surface area contributed by atoms with Crippen molar-refractivity contribution in [3.8, 4) is 11.5 Å². The van der Waals surface area contributed by atoms with Crippen LogP contribution in [0.25, 0.3) is 10.8 Å². The molecule has 0 aliphatic heterocycles. The summed E-state index contributed by atoms with van der Waals surface area (Å²) < 4.78 is 44.8. The van der Waals surface area contributed by atoms with Crippen molar-refractivity contribution in [2.75, 3.05) is 47.6 Å². The Morgan fingerprint density at radius 3 is 2.38 bits per heavy atom. The predicted octanol–water partition coefficient (Wildman–Crippen LogP) is 0.147. The minimum atomic E-state index is -4.25. The molecular weight excluding hydrogens is 534 g/mol. The number of carboxylic acid groups (broad SMARTS) is 1. The van der Waals surface area contributed by atoms with E-state index < -0.39 is 34.5 Å². The maximum atomic E-state index is 13.4. The van der Waals surface area contributed by atoms with Crippen molar-refractivity contribution in [3.05, 3.63) is 30.3 Å². The molecule has 15 nitrogen and oxygen atoms in total. The number of nitrogens with two attached hydrogens (primary N) is 2. The number of amides is 1. The molecule has 0 heterocycles. The molecule has 39 heavy (non-hydrogen) atoms. The normalized spacial score (nSPS) is 11.5. The zero-order valence-corrected chi connectivity index (χ0v) is 22.7. The van der Waals surface area contributed by atoms with Crippen LogP contribution in [0.5, 0.6) is 11.5 Å². The number of aliphatic imine (C=N–C) groups is 1. The minimum Gasteiger partial charge on any atom is -0.497 e. The topological polar surface area (TPSA) is 243 Å². The van der Waals surface area contributed by atoms with Gasteiger partial charge in [0.15, 0.2) is 5.96 Å².